The summed E-state index contributed by atoms with van der Waals surface area (Å²) in [4.78, 5) is 11.9. The van der Waals surface area contributed by atoms with Crippen LogP contribution in [0.4, 0.5) is 10.1 Å². The van der Waals surface area contributed by atoms with Crippen molar-refractivity contribution in [3.05, 3.63) is 63.9 Å². The summed E-state index contributed by atoms with van der Waals surface area (Å²) in [7, 11) is 0. The first-order valence-corrected chi connectivity index (χ1v) is 6.16. The van der Waals surface area contributed by atoms with Gasteiger partial charge in [-0.1, -0.05) is 22.0 Å². The highest BCUT2D eigenvalue weighted by Crippen LogP contribution is 2.21. The van der Waals surface area contributed by atoms with E-state index in [1.807, 2.05) is 6.07 Å². The summed E-state index contributed by atoms with van der Waals surface area (Å²) in [5.41, 5.74) is 0.919. The predicted octanol–water partition coefficient (Wildman–Crippen LogP) is 3.71. The molecule has 2 rings (SSSR count). The van der Waals surface area contributed by atoms with Crippen LogP contribution in [0.5, 0.6) is 0 Å². The van der Waals surface area contributed by atoms with Crippen LogP contribution in [0.1, 0.15) is 15.9 Å². The zero-order chi connectivity index (χ0) is 13.8. The van der Waals surface area contributed by atoms with Crippen molar-refractivity contribution in [1.82, 2.24) is 0 Å². The van der Waals surface area contributed by atoms with Gasteiger partial charge in [-0.2, -0.15) is 5.26 Å². The third-order valence-electron chi connectivity index (χ3n) is 2.44. The molecule has 0 saturated carbocycles. The number of carbonyl (C=O) groups excluding carboxylic acids is 1. The number of amides is 1. The zero-order valence-electron chi connectivity index (χ0n) is 9.65. The van der Waals surface area contributed by atoms with Gasteiger partial charge >= 0.3 is 0 Å². The van der Waals surface area contributed by atoms with Crippen LogP contribution >= 0.6 is 15.9 Å². The number of halogens is 2. The molecule has 0 aliphatic carbocycles. The maximum atomic E-state index is 13.0. The Morgan fingerprint density at radius 3 is 2.74 bits per heavy atom. The molecule has 3 nitrogen and oxygen atoms in total. The second-order valence-electron chi connectivity index (χ2n) is 3.77. The summed E-state index contributed by atoms with van der Waals surface area (Å²) in [6.07, 6.45) is 0. The number of benzene rings is 2. The van der Waals surface area contributed by atoms with E-state index in [9.17, 15) is 9.18 Å². The Morgan fingerprint density at radius 1 is 1.26 bits per heavy atom. The Labute approximate surface area is 117 Å². The van der Waals surface area contributed by atoms with Crippen LogP contribution in [0.3, 0.4) is 0 Å². The molecular formula is C14H8BrFN2O. The van der Waals surface area contributed by atoms with Gasteiger partial charge in [0.05, 0.1) is 11.3 Å². The van der Waals surface area contributed by atoms with Crippen LogP contribution in [0, 0.1) is 17.1 Å². The minimum absolute atomic E-state index is 0.198. The maximum Gasteiger partial charge on any atom is 0.255 e. The first-order valence-electron chi connectivity index (χ1n) is 5.37. The fourth-order valence-electron chi connectivity index (χ4n) is 1.54. The Hall–Kier alpha value is -2.19. The van der Waals surface area contributed by atoms with Crippen molar-refractivity contribution < 1.29 is 9.18 Å². The summed E-state index contributed by atoms with van der Waals surface area (Å²) < 4.78 is 13.8. The number of hydrogen-bond acceptors (Lipinski definition) is 2. The molecule has 0 aliphatic rings. The van der Waals surface area contributed by atoms with E-state index in [-0.39, 0.29) is 5.56 Å². The average Bonchev–Trinajstić information content (AvgIpc) is 2.39. The number of hydrogen-bond donors (Lipinski definition) is 1. The lowest BCUT2D eigenvalue weighted by molar-refractivity contribution is 0.102. The molecule has 5 heteroatoms. The van der Waals surface area contributed by atoms with Gasteiger partial charge in [-0.15, -0.1) is 0 Å². The SMILES string of the molecule is N#Cc1ccc(Br)cc1NC(=O)c1cccc(F)c1. The molecule has 0 aliphatic heterocycles. The molecule has 19 heavy (non-hydrogen) atoms. The molecule has 0 atom stereocenters. The summed E-state index contributed by atoms with van der Waals surface area (Å²) in [6.45, 7) is 0. The van der Waals surface area contributed by atoms with Gasteiger partial charge in [0.1, 0.15) is 11.9 Å². The van der Waals surface area contributed by atoms with Gasteiger partial charge < -0.3 is 5.32 Å². The average molecular weight is 319 g/mol. The van der Waals surface area contributed by atoms with Gasteiger partial charge in [0.2, 0.25) is 0 Å². The van der Waals surface area contributed by atoms with E-state index in [0.717, 1.165) is 10.5 Å². The van der Waals surface area contributed by atoms with E-state index < -0.39 is 11.7 Å². The molecule has 2 aromatic rings. The van der Waals surface area contributed by atoms with Crippen molar-refractivity contribution in [2.24, 2.45) is 0 Å². The molecule has 0 spiro atoms. The number of rotatable bonds is 2. The molecule has 0 saturated heterocycles. The van der Waals surface area contributed by atoms with Crippen LogP contribution in [0.25, 0.3) is 0 Å². The van der Waals surface area contributed by atoms with Crippen LogP contribution in [0.15, 0.2) is 46.9 Å². The van der Waals surface area contributed by atoms with Crippen LogP contribution in [-0.2, 0) is 0 Å². The Balaban J connectivity index is 2.29. The Bertz CT molecular complexity index is 679. The number of carbonyl (C=O) groups is 1. The molecule has 1 amide bonds. The molecule has 0 fully saturated rings. The van der Waals surface area contributed by atoms with E-state index in [2.05, 4.69) is 21.2 Å². The van der Waals surface area contributed by atoms with E-state index in [0.29, 0.717) is 11.3 Å². The second-order valence-corrected chi connectivity index (χ2v) is 4.68. The second kappa shape index (κ2) is 5.63. The first-order chi connectivity index (χ1) is 9.10. The maximum absolute atomic E-state index is 13.0. The van der Waals surface area contributed by atoms with Crippen molar-refractivity contribution >= 4 is 27.5 Å². The van der Waals surface area contributed by atoms with Gasteiger partial charge in [0.15, 0.2) is 0 Å². The van der Waals surface area contributed by atoms with Crippen LogP contribution in [-0.4, -0.2) is 5.91 Å². The molecule has 0 unspecified atom stereocenters. The molecule has 0 aromatic heterocycles. The highest BCUT2D eigenvalue weighted by atomic mass is 79.9. The monoisotopic (exact) mass is 318 g/mol. The van der Waals surface area contributed by atoms with Crippen molar-refractivity contribution in [1.29, 1.82) is 5.26 Å². The van der Waals surface area contributed by atoms with E-state index in [1.165, 1.54) is 18.2 Å². The molecule has 94 valence electrons. The molecule has 0 radical (unpaired) electrons. The lowest BCUT2D eigenvalue weighted by atomic mass is 10.1. The van der Waals surface area contributed by atoms with Gasteiger partial charge in [0, 0.05) is 10.0 Å². The van der Waals surface area contributed by atoms with Gasteiger partial charge in [-0.3, -0.25) is 4.79 Å². The quantitative estimate of drug-likeness (QED) is 0.917. The van der Waals surface area contributed by atoms with Crippen molar-refractivity contribution in [2.45, 2.75) is 0 Å². The number of nitriles is 1. The standard InChI is InChI=1S/C14H8BrFN2O/c15-11-5-4-10(8-17)13(7-11)18-14(19)9-2-1-3-12(16)6-9/h1-7H,(H,18,19). The minimum atomic E-state index is -0.484. The minimum Gasteiger partial charge on any atom is -0.321 e. The summed E-state index contributed by atoms with van der Waals surface area (Å²) in [6, 6.07) is 12.3. The lowest BCUT2D eigenvalue weighted by Gasteiger charge is -2.07. The van der Waals surface area contributed by atoms with E-state index >= 15 is 0 Å². The molecule has 0 heterocycles. The number of anilines is 1. The summed E-state index contributed by atoms with van der Waals surface area (Å²) in [5.74, 6) is -0.948. The van der Waals surface area contributed by atoms with Crippen molar-refractivity contribution in [3.8, 4) is 6.07 Å². The van der Waals surface area contributed by atoms with Gasteiger partial charge in [-0.05, 0) is 36.4 Å². The molecule has 1 N–H and O–H groups in total. The lowest BCUT2D eigenvalue weighted by Crippen LogP contribution is -2.13. The fourth-order valence-corrected chi connectivity index (χ4v) is 1.90. The third-order valence-corrected chi connectivity index (χ3v) is 2.93. The highest BCUT2D eigenvalue weighted by molar-refractivity contribution is 9.10. The first kappa shape index (κ1) is 13.2. The summed E-state index contributed by atoms with van der Waals surface area (Å²) in [5, 5.41) is 11.5. The number of nitrogens with one attached hydrogen (secondary N) is 1. The summed E-state index contributed by atoms with van der Waals surface area (Å²) >= 11 is 3.26. The van der Waals surface area contributed by atoms with E-state index in [4.69, 9.17) is 5.26 Å². The van der Waals surface area contributed by atoms with E-state index in [1.54, 1.807) is 18.2 Å². The topological polar surface area (TPSA) is 52.9 Å². The molecule has 0 bridgehead atoms. The fraction of sp³-hybridized carbons (Fsp3) is 0. The third kappa shape index (κ3) is 3.18. The van der Waals surface area contributed by atoms with Crippen molar-refractivity contribution in [2.75, 3.05) is 5.32 Å². The van der Waals surface area contributed by atoms with Gasteiger partial charge in [0.25, 0.3) is 5.91 Å². The van der Waals surface area contributed by atoms with Crippen LogP contribution in [0.2, 0.25) is 0 Å². The Kier molecular flexibility index (Phi) is 3.93. The highest BCUT2D eigenvalue weighted by Gasteiger charge is 2.10. The van der Waals surface area contributed by atoms with Crippen LogP contribution < -0.4 is 5.32 Å². The van der Waals surface area contributed by atoms with Crippen molar-refractivity contribution in [3.63, 3.8) is 0 Å². The zero-order valence-corrected chi connectivity index (χ0v) is 11.2. The van der Waals surface area contributed by atoms with Gasteiger partial charge in [-0.25, -0.2) is 4.39 Å². The Morgan fingerprint density at radius 2 is 2.05 bits per heavy atom. The predicted molar refractivity (Wildman–Crippen MR) is 73.2 cm³/mol. The smallest absolute Gasteiger partial charge is 0.255 e. The normalized spacial score (nSPS) is 9.74. The number of nitrogens with zero attached hydrogens (tertiary/aromatic N) is 1. The molecular weight excluding hydrogens is 311 g/mol. The molecule has 2 aromatic carbocycles. The largest absolute Gasteiger partial charge is 0.321 e.